The van der Waals surface area contributed by atoms with E-state index in [9.17, 15) is 9.90 Å². The fourth-order valence-corrected chi connectivity index (χ4v) is 4.08. The third-order valence-electron chi connectivity index (χ3n) is 6.05. The predicted molar refractivity (Wildman–Crippen MR) is 132 cm³/mol. The number of ether oxygens (including phenoxy) is 1. The molecule has 188 valence electrons. The molecule has 1 heterocycles. The van der Waals surface area contributed by atoms with E-state index in [0.717, 1.165) is 56.2 Å². The molecule has 0 spiro atoms. The summed E-state index contributed by atoms with van der Waals surface area (Å²) in [5.41, 5.74) is 8.75. The molecule has 0 saturated heterocycles. The van der Waals surface area contributed by atoms with Gasteiger partial charge in [0, 0.05) is 6.20 Å². The number of carboxylic acid groups (broad SMARTS) is 1. The molecular formula is C25H39N5O4. The molecular weight excluding hydrogens is 434 g/mol. The third kappa shape index (κ3) is 8.07. The summed E-state index contributed by atoms with van der Waals surface area (Å²) in [6.07, 6.45) is 9.55. The number of carbonyl (C=O) groups is 1. The van der Waals surface area contributed by atoms with E-state index in [2.05, 4.69) is 24.2 Å². The van der Waals surface area contributed by atoms with Gasteiger partial charge in [-0.2, -0.15) is 5.10 Å². The van der Waals surface area contributed by atoms with Gasteiger partial charge in [0.25, 0.3) is 0 Å². The standard InChI is InChI=1S/C16H22N2O.C9H17N3O3/c1-3-11-16(19,4-2)13-18-15(10-12-17-18)14-8-6-5-7-9-14;10-8(7(12-11)9(13)14)15-6-4-2-1-3-5-6/h5-10,12,19H,3-4,11,13H2,1-2H3;6,12H,1-5,10-11H2,(H,13,14)/b;8-7+. The summed E-state index contributed by atoms with van der Waals surface area (Å²) in [6.45, 7) is 4.68. The average Bonchev–Trinajstić information content (AvgIpc) is 3.29. The van der Waals surface area contributed by atoms with Crippen LogP contribution in [0.2, 0.25) is 0 Å². The zero-order valence-corrected chi connectivity index (χ0v) is 20.2. The van der Waals surface area contributed by atoms with Gasteiger partial charge in [-0.25, -0.2) is 4.79 Å². The smallest absolute Gasteiger partial charge is 0.358 e. The van der Waals surface area contributed by atoms with Crippen LogP contribution in [0.15, 0.2) is 54.2 Å². The van der Waals surface area contributed by atoms with E-state index in [1.54, 1.807) is 6.20 Å². The van der Waals surface area contributed by atoms with Crippen LogP contribution in [0.5, 0.6) is 0 Å². The highest BCUT2D eigenvalue weighted by molar-refractivity contribution is 5.86. The SMILES string of the molecule is CCCC(O)(CC)Cn1nccc1-c1ccccc1.NN/C(C(=O)O)=C(\N)OC1CCCCC1. The summed E-state index contributed by atoms with van der Waals surface area (Å²) < 4.78 is 7.25. The Kier molecular flexibility index (Phi) is 10.9. The Bertz CT molecular complexity index is 909. The lowest BCUT2D eigenvalue weighted by molar-refractivity contribution is -0.133. The summed E-state index contributed by atoms with van der Waals surface area (Å²) in [4.78, 5) is 10.7. The van der Waals surface area contributed by atoms with Crippen LogP contribution in [0.25, 0.3) is 11.3 Å². The summed E-state index contributed by atoms with van der Waals surface area (Å²) in [7, 11) is 0. The number of aliphatic carboxylic acids is 1. The van der Waals surface area contributed by atoms with Crippen LogP contribution >= 0.6 is 0 Å². The molecule has 1 saturated carbocycles. The Morgan fingerprint density at radius 1 is 1.21 bits per heavy atom. The number of rotatable bonds is 10. The first-order chi connectivity index (χ1) is 16.3. The highest BCUT2D eigenvalue weighted by Crippen LogP contribution is 2.24. The second-order valence-electron chi connectivity index (χ2n) is 8.63. The Morgan fingerprint density at radius 3 is 2.44 bits per heavy atom. The molecule has 0 amide bonds. The molecule has 1 aromatic heterocycles. The van der Waals surface area contributed by atoms with Gasteiger partial charge < -0.3 is 26.1 Å². The predicted octanol–water partition coefficient (Wildman–Crippen LogP) is 3.50. The number of nitrogens with one attached hydrogen (secondary N) is 1. The molecule has 0 bridgehead atoms. The topological polar surface area (TPSA) is 149 Å². The minimum absolute atomic E-state index is 0.0152. The molecule has 1 aliphatic carbocycles. The fraction of sp³-hybridized carbons (Fsp3) is 0.520. The number of aromatic nitrogens is 2. The molecule has 34 heavy (non-hydrogen) atoms. The van der Waals surface area contributed by atoms with E-state index in [1.165, 1.54) is 6.42 Å². The maximum Gasteiger partial charge on any atom is 0.358 e. The Labute approximate surface area is 201 Å². The molecule has 1 aliphatic rings. The second kappa shape index (κ2) is 13.6. The Balaban J connectivity index is 0.000000248. The van der Waals surface area contributed by atoms with Crippen LogP contribution in [0.1, 0.15) is 65.2 Å². The van der Waals surface area contributed by atoms with Crippen molar-refractivity contribution >= 4 is 5.97 Å². The number of aliphatic hydroxyl groups is 1. The number of benzene rings is 1. The van der Waals surface area contributed by atoms with E-state index in [0.29, 0.717) is 6.54 Å². The van der Waals surface area contributed by atoms with E-state index < -0.39 is 11.6 Å². The number of hydrogen-bond donors (Lipinski definition) is 5. The van der Waals surface area contributed by atoms with Crippen molar-refractivity contribution in [2.75, 3.05) is 0 Å². The molecule has 9 heteroatoms. The van der Waals surface area contributed by atoms with Crippen molar-refractivity contribution in [2.24, 2.45) is 11.6 Å². The van der Waals surface area contributed by atoms with Gasteiger partial charge in [0.2, 0.25) is 5.88 Å². The Hall–Kier alpha value is -3.04. The largest absolute Gasteiger partial charge is 0.476 e. The number of nitrogens with two attached hydrogens (primary N) is 2. The molecule has 1 unspecified atom stereocenters. The number of hydrogen-bond acceptors (Lipinski definition) is 7. The van der Waals surface area contributed by atoms with Crippen LogP contribution < -0.4 is 17.0 Å². The molecule has 2 aromatic rings. The van der Waals surface area contributed by atoms with Crippen LogP contribution in [0.3, 0.4) is 0 Å². The third-order valence-corrected chi connectivity index (χ3v) is 6.05. The average molecular weight is 474 g/mol. The number of nitrogens with zero attached hydrogens (tertiary/aromatic N) is 2. The van der Waals surface area contributed by atoms with E-state index in [-0.39, 0.29) is 17.7 Å². The van der Waals surface area contributed by atoms with E-state index in [1.807, 2.05) is 41.3 Å². The quantitative estimate of drug-likeness (QED) is 0.152. The van der Waals surface area contributed by atoms with Gasteiger partial charge in [-0.15, -0.1) is 0 Å². The van der Waals surface area contributed by atoms with Gasteiger partial charge >= 0.3 is 5.97 Å². The summed E-state index contributed by atoms with van der Waals surface area (Å²) in [5.74, 6) is 3.67. The van der Waals surface area contributed by atoms with Crippen LogP contribution in [0, 0.1) is 0 Å². The van der Waals surface area contributed by atoms with Crippen LogP contribution in [0.4, 0.5) is 0 Å². The zero-order chi connectivity index (χ0) is 25.0. The maximum atomic E-state index is 10.7. The van der Waals surface area contributed by atoms with Crippen molar-refractivity contribution in [3.8, 4) is 11.3 Å². The van der Waals surface area contributed by atoms with Crippen molar-refractivity contribution in [1.29, 1.82) is 0 Å². The van der Waals surface area contributed by atoms with E-state index >= 15 is 0 Å². The molecule has 0 aliphatic heterocycles. The lowest BCUT2D eigenvalue weighted by Crippen LogP contribution is -2.34. The van der Waals surface area contributed by atoms with Gasteiger partial charge in [-0.3, -0.25) is 10.5 Å². The van der Waals surface area contributed by atoms with Crippen LogP contribution in [-0.2, 0) is 16.1 Å². The summed E-state index contributed by atoms with van der Waals surface area (Å²) >= 11 is 0. The van der Waals surface area contributed by atoms with Crippen molar-refractivity contribution in [2.45, 2.75) is 83.5 Å². The van der Waals surface area contributed by atoms with Crippen molar-refractivity contribution < 1.29 is 19.7 Å². The Morgan fingerprint density at radius 2 is 1.88 bits per heavy atom. The summed E-state index contributed by atoms with van der Waals surface area (Å²) in [5, 5.41) is 23.7. The molecule has 1 aromatic carbocycles. The van der Waals surface area contributed by atoms with Crippen LogP contribution in [-0.4, -0.2) is 37.7 Å². The molecule has 7 N–H and O–H groups in total. The summed E-state index contributed by atoms with van der Waals surface area (Å²) in [6, 6.07) is 12.2. The zero-order valence-electron chi connectivity index (χ0n) is 20.2. The number of hydrazine groups is 1. The lowest BCUT2D eigenvalue weighted by atomic mass is 9.95. The van der Waals surface area contributed by atoms with E-state index in [4.69, 9.17) is 21.4 Å². The van der Waals surface area contributed by atoms with Crippen molar-refractivity contribution in [3.63, 3.8) is 0 Å². The minimum atomic E-state index is -1.22. The molecule has 1 fully saturated rings. The second-order valence-corrected chi connectivity index (χ2v) is 8.63. The molecule has 1 atom stereocenters. The van der Waals surface area contributed by atoms with Crippen molar-refractivity contribution in [1.82, 2.24) is 15.2 Å². The molecule has 3 rings (SSSR count). The van der Waals surface area contributed by atoms with Gasteiger partial charge in [0.15, 0.2) is 5.70 Å². The molecule has 0 radical (unpaired) electrons. The first-order valence-electron chi connectivity index (χ1n) is 12.0. The normalized spacial score (nSPS) is 16.5. The van der Waals surface area contributed by atoms with Gasteiger partial charge in [0.05, 0.1) is 17.8 Å². The first kappa shape index (κ1) is 27.2. The highest BCUT2D eigenvalue weighted by Gasteiger charge is 2.25. The fourth-order valence-electron chi connectivity index (χ4n) is 4.08. The lowest BCUT2D eigenvalue weighted by Gasteiger charge is -2.27. The van der Waals surface area contributed by atoms with Crippen molar-refractivity contribution in [3.05, 3.63) is 54.2 Å². The van der Waals surface area contributed by atoms with Gasteiger partial charge in [0.1, 0.15) is 6.10 Å². The number of carboxylic acids is 1. The van der Waals surface area contributed by atoms with Gasteiger partial charge in [-0.1, -0.05) is 57.0 Å². The first-order valence-corrected chi connectivity index (χ1v) is 12.0. The van der Waals surface area contributed by atoms with Gasteiger partial charge in [-0.05, 0) is 50.2 Å². The monoisotopic (exact) mass is 473 g/mol. The minimum Gasteiger partial charge on any atom is -0.476 e. The maximum absolute atomic E-state index is 10.7. The molecule has 9 nitrogen and oxygen atoms in total. The highest BCUT2D eigenvalue weighted by atomic mass is 16.5.